The second kappa shape index (κ2) is 7.38. The fraction of sp³-hybridized carbons (Fsp3) is 0.312. The van der Waals surface area contributed by atoms with E-state index in [1.165, 1.54) is 0 Å². The van der Waals surface area contributed by atoms with Gasteiger partial charge in [0.15, 0.2) is 0 Å². The van der Waals surface area contributed by atoms with Crippen LogP contribution in [0.4, 0.5) is 5.82 Å². The summed E-state index contributed by atoms with van der Waals surface area (Å²) in [5.41, 5.74) is 2.05. The third-order valence-electron chi connectivity index (χ3n) is 2.97. The van der Waals surface area contributed by atoms with Crippen LogP contribution in [0.1, 0.15) is 29.9 Å². The lowest BCUT2D eigenvalue weighted by atomic mass is 10.1. The van der Waals surface area contributed by atoms with Crippen LogP contribution in [-0.4, -0.2) is 22.5 Å². The van der Waals surface area contributed by atoms with Gasteiger partial charge in [-0.3, -0.25) is 0 Å². The van der Waals surface area contributed by atoms with Gasteiger partial charge < -0.3 is 15.2 Å². The molecule has 1 heterocycles. The highest BCUT2D eigenvalue weighted by Crippen LogP contribution is 2.10. The lowest BCUT2D eigenvalue weighted by molar-refractivity contribution is -0.305. The first kappa shape index (κ1) is 15.0. The van der Waals surface area contributed by atoms with Crippen LogP contribution in [-0.2, 0) is 11.2 Å². The van der Waals surface area contributed by atoms with E-state index in [0.717, 1.165) is 22.9 Å². The predicted octanol–water partition coefficient (Wildman–Crippen LogP) is 1.32. The number of aryl methyl sites for hydroxylation is 1. The summed E-state index contributed by atoms with van der Waals surface area (Å²) >= 11 is 0. The summed E-state index contributed by atoms with van der Waals surface area (Å²) in [5, 5.41) is 13.5. The van der Waals surface area contributed by atoms with Gasteiger partial charge in [-0.1, -0.05) is 30.3 Å². The van der Waals surface area contributed by atoms with Gasteiger partial charge in [-0.2, -0.15) is 0 Å². The number of rotatable bonds is 7. The number of aromatic nitrogens is 2. The molecule has 0 amide bonds. The Kier molecular flexibility index (Phi) is 5.26. The van der Waals surface area contributed by atoms with Gasteiger partial charge in [-0.15, -0.1) is 0 Å². The standard InChI is InChI=1S/C16H19N3O2/c1-12-10-14(17-9-5-8-16(20)21)19-15(18-12)11-13-6-3-2-4-7-13/h2-4,6-7,10H,5,8-9,11H2,1H3,(H,20,21)(H,17,18,19)/p-1. The van der Waals surface area contributed by atoms with Crippen molar-refractivity contribution in [1.29, 1.82) is 0 Å². The highest BCUT2D eigenvalue weighted by molar-refractivity contribution is 5.64. The van der Waals surface area contributed by atoms with Crippen molar-refractivity contribution in [2.45, 2.75) is 26.2 Å². The molecule has 110 valence electrons. The molecule has 0 bridgehead atoms. The summed E-state index contributed by atoms with van der Waals surface area (Å²) in [7, 11) is 0. The first-order chi connectivity index (χ1) is 10.1. The van der Waals surface area contributed by atoms with E-state index in [4.69, 9.17) is 0 Å². The summed E-state index contributed by atoms with van der Waals surface area (Å²) in [5.74, 6) is 0.454. The van der Waals surface area contributed by atoms with Crippen LogP contribution in [0.25, 0.3) is 0 Å². The first-order valence-electron chi connectivity index (χ1n) is 6.95. The summed E-state index contributed by atoms with van der Waals surface area (Å²) in [4.78, 5) is 19.2. The molecule has 0 fully saturated rings. The number of nitrogens with one attached hydrogen (secondary N) is 1. The van der Waals surface area contributed by atoms with E-state index in [1.54, 1.807) is 0 Å². The van der Waals surface area contributed by atoms with Crippen molar-refractivity contribution in [1.82, 2.24) is 9.97 Å². The van der Waals surface area contributed by atoms with E-state index >= 15 is 0 Å². The van der Waals surface area contributed by atoms with Crippen molar-refractivity contribution in [3.05, 3.63) is 53.5 Å². The Morgan fingerprint density at radius 3 is 2.71 bits per heavy atom. The Balaban J connectivity index is 1.98. The van der Waals surface area contributed by atoms with Crippen molar-refractivity contribution < 1.29 is 9.90 Å². The lowest BCUT2D eigenvalue weighted by Gasteiger charge is -2.09. The number of hydrogen-bond acceptors (Lipinski definition) is 5. The molecule has 5 nitrogen and oxygen atoms in total. The predicted molar refractivity (Wildman–Crippen MR) is 78.7 cm³/mol. The number of benzene rings is 1. The smallest absolute Gasteiger partial charge is 0.135 e. The molecule has 2 rings (SSSR count). The van der Waals surface area contributed by atoms with Crippen LogP contribution in [0.15, 0.2) is 36.4 Å². The van der Waals surface area contributed by atoms with Crippen molar-refractivity contribution in [3.63, 3.8) is 0 Å². The highest BCUT2D eigenvalue weighted by Gasteiger charge is 2.03. The molecule has 0 saturated carbocycles. The lowest BCUT2D eigenvalue weighted by Crippen LogP contribution is -2.22. The number of nitrogens with zero attached hydrogens (tertiary/aromatic N) is 2. The Labute approximate surface area is 124 Å². The van der Waals surface area contributed by atoms with Crippen molar-refractivity contribution >= 4 is 11.8 Å². The number of carboxylic acid groups (broad SMARTS) is 1. The van der Waals surface area contributed by atoms with E-state index in [9.17, 15) is 9.90 Å². The molecule has 21 heavy (non-hydrogen) atoms. The molecule has 1 N–H and O–H groups in total. The van der Waals surface area contributed by atoms with Gasteiger partial charge in [0.1, 0.15) is 11.6 Å². The maximum atomic E-state index is 10.4. The van der Waals surface area contributed by atoms with Crippen LogP contribution in [0, 0.1) is 6.92 Å². The van der Waals surface area contributed by atoms with E-state index in [1.807, 2.05) is 43.3 Å². The van der Waals surface area contributed by atoms with Gasteiger partial charge >= 0.3 is 0 Å². The Morgan fingerprint density at radius 2 is 2.00 bits per heavy atom. The molecule has 0 aliphatic carbocycles. The van der Waals surface area contributed by atoms with Gasteiger partial charge in [0.25, 0.3) is 0 Å². The van der Waals surface area contributed by atoms with Gasteiger partial charge in [-0.25, -0.2) is 9.97 Å². The monoisotopic (exact) mass is 284 g/mol. The molecule has 0 aliphatic rings. The largest absolute Gasteiger partial charge is 0.550 e. The quantitative estimate of drug-likeness (QED) is 0.776. The normalized spacial score (nSPS) is 10.3. The average molecular weight is 284 g/mol. The number of hydrogen-bond donors (Lipinski definition) is 1. The second-order valence-corrected chi connectivity index (χ2v) is 4.88. The molecule has 1 aromatic carbocycles. The summed E-state index contributed by atoms with van der Waals surface area (Å²) < 4.78 is 0. The minimum Gasteiger partial charge on any atom is -0.550 e. The number of carboxylic acids is 1. The molecule has 0 radical (unpaired) electrons. The SMILES string of the molecule is Cc1cc(NCCCC(=O)[O-])nc(Cc2ccccc2)n1. The molecule has 5 heteroatoms. The van der Waals surface area contributed by atoms with E-state index < -0.39 is 5.97 Å². The maximum Gasteiger partial charge on any atom is 0.135 e. The minimum absolute atomic E-state index is 0.0495. The number of carbonyl (C=O) groups is 1. The van der Waals surface area contributed by atoms with Crippen molar-refractivity contribution in [2.75, 3.05) is 11.9 Å². The van der Waals surface area contributed by atoms with Crippen LogP contribution in [0.2, 0.25) is 0 Å². The molecular weight excluding hydrogens is 266 g/mol. The van der Waals surface area contributed by atoms with Crippen LogP contribution >= 0.6 is 0 Å². The molecule has 1 aromatic heterocycles. The average Bonchev–Trinajstić information content (AvgIpc) is 2.44. The zero-order valence-corrected chi connectivity index (χ0v) is 12.0. The molecule has 2 aromatic rings. The van der Waals surface area contributed by atoms with E-state index in [2.05, 4.69) is 15.3 Å². The van der Waals surface area contributed by atoms with Crippen LogP contribution < -0.4 is 10.4 Å². The van der Waals surface area contributed by atoms with Gasteiger partial charge in [0.2, 0.25) is 0 Å². The van der Waals surface area contributed by atoms with Gasteiger partial charge in [0.05, 0.1) is 0 Å². The minimum atomic E-state index is -1.03. The van der Waals surface area contributed by atoms with E-state index in [-0.39, 0.29) is 6.42 Å². The van der Waals surface area contributed by atoms with Crippen LogP contribution in [0.3, 0.4) is 0 Å². The number of carbonyl (C=O) groups excluding carboxylic acids is 1. The molecule has 0 unspecified atom stereocenters. The van der Waals surface area contributed by atoms with Gasteiger partial charge in [-0.05, 0) is 25.3 Å². The second-order valence-electron chi connectivity index (χ2n) is 4.88. The third kappa shape index (κ3) is 5.22. The summed E-state index contributed by atoms with van der Waals surface area (Å²) in [6, 6.07) is 11.9. The highest BCUT2D eigenvalue weighted by atomic mass is 16.4. The Hall–Kier alpha value is -2.43. The zero-order valence-electron chi connectivity index (χ0n) is 12.0. The molecule has 0 atom stereocenters. The summed E-state index contributed by atoms with van der Waals surface area (Å²) in [6.07, 6.45) is 1.24. The maximum absolute atomic E-state index is 10.4. The molecular formula is C16H18N3O2-. The fourth-order valence-corrected chi connectivity index (χ4v) is 2.03. The third-order valence-corrected chi connectivity index (χ3v) is 2.97. The zero-order chi connectivity index (χ0) is 15.1. The number of aliphatic carboxylic acids is 1. The summed E-state index contributed by atoms with van der Waals surface area (Å²) in [6.45, 7) is 2.47. The molecule has 0 saturated heterocycles. The first-order valence-corrected chi connectivity index (χ1v) is 6.95. The van der Waals surface area contributed by atoms with Gasteiger partial charge in [0, 0.05) is 30.7 Å². The topological polar surface area (TPSA) is 77.9 Å². The Morgan fingerprint density at radius 1 is 1.24 bits per heavy atom. The van der Waals surface area contributed by atoms with Crippen molar-refractivity contribution in [3.8, 4) is 0 Å². The molecule has 0 spiro atoms. The molecule has 0 aliphatic heterocycles. The Bertz CT molecular complexity index is 600. The fourth-order valence-electron chi connectivity index (χ4n) is 2.03. The van der Waals surface area contributed by atoms with Crippen molar-refractivity contribution in [2.24, 2.45) is 0 Å². The number of anilines is 1. The van der Waals surface area contributed by atoms with Crippen LogP contribution in [0.5, 0.6) is 0 Å². The van der Waals surface area contributed by atoms with E-state index in [0.29, 0.717) is 19.4 Å².